The number of aryl methyl sites for hydroxylation is 3. The molecule has 10 heteroatoms. The number of rotatable bonds is 9. The maximum absolute atomic E-state index is 12.9. The Morgan fingerprint density at radius 2 is 1.62 bits per heavy atom. The number of hydrogen-bond donors (Lipinski definition) is 2. The molecule has 0 atom stereocenters. The molecule has 1 saturated heterocycles. The first-order valence-corrected chi connectivity index (χ1v) is 13.2. The molecule has 0 unspecified atom stereocenters. The highest BCUT2D eigenvalue weighted by atomic mass is 32.2. The largest absolute Gasteiger partial charge is 0.493 e. The van der Waals surface area contributed by atoms with E-state index in [1.165, 1.54) is 7.11 Å². The van der Waals surface area contributed by atoms with E-state index >= 15 is 0 Å². The monoisotopic (exact) mass is 559 g/mol. The lowest BCUT2D eigenvalue weighted by molar-refractivity contribution is -0.127. The molecule has 3 aromatic carbocycles. The van der Waals surface area contributed by atoms with Crippen LogP contribution in [0.2, 0.25) is 0 Å². The van der Waals surface area contributed by atoms with Gasteiger partial charge in [-0.25, -0.2) is 0 Å². The summed E-state index contributed by atoms with van der Waals surface area (Å²) in [4.78, 5) is 51.5. The van der Waals surface area contributed by atoms with Crippen LogP contribution < -0.4 is 20.1 Å². The van der Waals surface area contributed by atoms with Crippen LogP contribution in [0, 0.1) is 20.8 Å². The Hall–Kier alpha value is -4.57. The van der Waals surface area contributed by atoms with Gasteiger partial charge in [0.05, 0.1) is 12.0 Å². The van der Waals surface area contributed by atoms with Gasteiger partial charge in [0.2, 0.25) is 5.91 Å². The number of imide groups is 1. The van der Waals surface area contributed by atoms with Crippen LogP contribution in [-0.2, 0) is 14.4 Å². The third kappa shape index (κ3) is 6.89. The van der Waals surface area contributed by atoms with Gasteiger partial charge < -0.3 is 20.1 Å². The Labute approximate surface area is 236 Å². The maximum Gasteiger partial charge on any atom is 0.294 e. The molecular formula is C30H29N3O6S. The van der Waals surface area contributed by atoms with E-state index in [0.29, 0.717) is 28.4 Å². The molecule has 0 aliphatic carbocycles. The van der Waals surface area contributed by atoms with Crippen molar-refractivity contribution in [3.63, 3.8) is 0 Å². The fourth-order valence-electron chi connectivity index (χ4n) is 4.08. The van der Waals surface area contributed by atoms with Crippen molar-refractivity contribution in [2.75, 3.05) is 30.9 Å². The standard InChI is InChI=1S/C30H29N3O6S/c1-18-7-5-10-22(13-18)31-27(35)17-39-23-12-11-21(14-24(23)38-4)15-25-29(36)33(30(37)40-25)16-26(34)32-28-19(2)8-6-9-20(28)3/h5-15H,16-17H2,1-4H3,(H,31,35)(H,32,34)/b25-15+. The third-order valence-corrected chi connectivity index (χ3v) is 6.97. The third-order valence-electron chi connectivity index (χ3n) is 6.07. The number of benzene rings is 3. The number of carbonyl (C=O) groups excluding carboxylic acids is 4. The van der Waals surface area contributed by atoms with Gasteiger partial charge in [0.15, 0.2) is 18.1 Å². The molecule has 1 heterocycles. The number of nitrogens with one attached hydrogen (secondary N) is 2. The summed E-state index contributed by atoms with van der Waals surface area (Å²) in [5.74, 6) is -0.652. The van der Waals surface area contributed by atoms with E-state index < -0.39 is 23.6 Å². The SMILES string of the molecule is COc1cc(/C=C2/SC(=O)N(CC(=O)Nc3c(C)cccc3C)C2=O)ccc1OCC(=O)Nc1cccc(C)c1. The van der Waals surface area contributed by atoms with Crippen LogP contribution in [0.15, 0.2) is 65.6 Å². The molecule has 2 N–H and O–H groups in total. The number of thioether (sulfide) groups is 1. The van der Waals surface area contributed by atoms with E-state index in [1.54, 1.807) is 30.3 Å². The molecule has 4 amide bonds. The number of amides is 4. The van der Waals surface area contributed by atoms with Gasteiger partial charge in [-0.2, -0.15) is 0 Å². The minimum absolute atomic E-state index is 0.179. The Morgan fingerprint density at radius 3 is 2.33 bits per heavy atom. The zero-order valence-electron chi connectivity index (χ0n) is 22.6. The van der Waals surface area contributed by atoms with Crippen molar-refractivity contribution in [1.82, 2.24) is 4.90 Å². The van der Waals surface area contributed by atoms with Crippen LogP contribution in [0.3, 0.4) is 0 Å². The molecule has 0 spiro atoms. The lowest BCUT2D eigenvalue weighted by atomic mass is 10.1. The van der Waals surface area contributed by atoms with Gasteiger partial charge in [-0.1, -0.05) is 36.4 Å². The first kappa shape index (κ1) is 28.4. The van der Waals surface area contributed by atoms with Gasteiger partial charge in [-0.15, -0.1) is 0 Å². The molecule has 0 radical (unpaired) electrons. The van der Waals surface area contributed by atoms with Gasteiger partial charge in [-0.3, -0.25) is 24.1 Å². The lowest BCUT2D eigenvalue weighted by Gasteiger charge is -2.15. The van der Waals surface area contributed by atoms with E-state index in [0.717, 1.165) is 33.4 Å². The Kier molecular flexibility index (Phi) is 8.90. The van der Waals surface area contributed by atoms with Gasteiger partial charge in [0.1, 0.15) is 6.54 Å². The normalized spacial score (nSPS) is 13.9. The smallest absolute Gasteiger partial charge is 0.294 e. The van der Waals surface area contributed by atoms with Crippen molar-refractivity contribution in [3.05, 3.63) is 87.8 Å². The molecule has 0 bridgehead atoms. The molecule has 1 fully saturated rings. The minimum Gasteiger partial charge on any atom is -0.493 e. The van der Waals surface area contributed by atoms with E-state index in [4.69, 9.17) is 9.47 Å². The fraction of sp³-hybridized carbons (Fsp3) is 0.200. The number of methoxy groups -OCH3 is 1. The summed E-state index contributed by atoms with van der Waals surface area (Å²) in [6.45, 7) is 5.05. The molecular weight excluding hydrogens is 530 g/mol. The van der Waals surface area contributed by atoms with E-state index in [-0.39, 0.29) is 17.4 Å². The lowest BCUT2D eigenvalue weighted by Crippen LogP contribution is -2.36. The number of anilines is 2. The fourth-order valence-corrected chi connectivity index (χ4v) is 4.92. The predicted octanol–water partition coefficient (Wildman–Crippen LogP) is 5.31. The van der Waals surface area contributed by atoms with Crippen molar-refractivity contribution in [1.29, 1.82) is 0 Å². The second-order valence-electron chi connectivity index (χ2n) is 9.20. The summed E-state index contributed by atoms with van der Waals surface area (Å²) in [5, 5.41) is 5.04. The molecule has 40 heavy (non-hydrogen) atoms. The Balaban J connectivity index is 1.39. The quantitative estimate of drug-likeness (QED) is 0.342. The molecule has 0 saturated carbocycles. The average molecular weight is 560 g/mol. The van der Waals surface area contributed by atoms with Crippen molar-refractivity contribution in [3.8, 4) is 11.5 Å². The molecule has 9 nitrogen and oxygen atoms in total. The summed E-state index contributed by atoms with van der Waals surface area (Å²) >= 11 is 0.758. The number of hydrogen-bond acceptors (Lipinski definition) is 7. The van der Waals surface area contributed by atoms with E-state index in [9.17, 15) is 19.2 Å². The highest BCUT2D eigenvalue weighted by Gasteiger charge is 2.36. The predicted molar refractivity (Wildman–Crippen MR) is 156 cm³/mol. The topological polar surface area (TPSA) is 114 Å². The molecule has 4 rings (SSSR count). The molecule has 206 valence electrons. The number of para-hydroxylation sites is 1. The molecule has 3 aromatic rings. The van der Waals surface area contributed by atoms with Crippen LogP contribution in [0.1, 0.15) is 22.3 Å². The highest BCUT2D eigenvalue weighted by Crippen LogP contribution is 2.34. The summed E-state index contributed by atoms with van der Waals surface area (Å²) < 4.78 is 11.1. The molecule has 0 aromatic heterocycles. The van der Waals surface area contributed by atoms with Gasteiger partial charge in [0.25, 0.3) is 17.1 Å². The molecule has 1 aliphatic heterocycles. The zero-order valence-corrected chi connectivity index (χ0v) is 23.4. The van der Waals surface area contributed by atoms with Gasteiger partial charge >= 0.3 is 0 Å². The summed E-state index contributed by atoms with van der Waals surface area (Å²) in [6.07, 6.45) is 1.55. The maximum atomic E-state index is 12.9. The second-order valence-corrected chi connectivity index (χ2v) is 10.2. The van der Waals surface area contributed by atoms with Crippen LogP contribution in [0.5, 0.6) is 11.5 Å². The van der Waals surface area contributed by atoms with Crippen molar-refractivity contribution in [2.45, 2.75) is 20.8 Å². The highest BCUT2D eigenvalue weighted by molar-refractivity contribution is 8.18. The minimum atomic E-state index is -0.557. The first-order valence-electron chi connectivity index (χ1n) is 12.4. The summed E-state index contributed by atoms with van der Waals surface area (Å²) in [5.41, 5.74) is 4.71. The van der Waals surface area contributed by atoms with Crippen LogP contribution in [0.4, 0.5) is 16.2 Å². The second kappa shape index (κ2) is 12.5. The van der Waals surface area contributed by atoms with Crippen LogP contribution in [0.25, 0.3) is 6.08 Å². The van der Waals surface area contributed by atoms with Crippen molar-refractivity contribution < 1.29 is 28.7 Å². The van der Waals surface area contributed by atoms with Gasteiger partial charge in [0, 0.05) is 11.4 Å². The van der Waals surface area contributed by atoms with Crippen LogP contribution >= 0.6 is 11.8 Å². The summed E-state index contributed by atoms with van der Waals surface area (Å²) in [6, 6.07) is 18.0. The Morgan fingerprint density at radius 1 is 0.900 bits per heavy atom. The Bertz CT molecular complexity index is 1500. The number of carbonyl (C=O) groups is 4. The first-order chi connectivity index (χ1) is 19.1. The number of ether oxygens (including phenoxy) is 2. The van der Waals surface area contributed by atoms with E-state index in [2.05, 4.69) is 10.6 Å². The van der Waals surface area contributed by atoms with Crippen molar-refractivity contribution >= 4 is 52.2 Å². The van der Waals surface area contributed by atoms with Gasteiger partial charge in [-0.05, 0) is 85.1 Å². The summed E-state index contributed by atoms with van der Waals surface area (Å²) in [7, 11) is 1.46. The molecule has 1 aliphatic rings. The van der Waals surface area contributed by atoms with Crippen LogP contribution in [-0.4, -0.2) is 48.1 Å². The number of nitrogens with zero attached hydrogens (tertiary/aromatic N) is 1. The zero-order chi connectivity index (χ0) is 28.8. The van der Waals surface area contributed by atoms with Crippen molar-refractivity contribution in [2.24, 2.45) is 0 Å². The average Bonchev–Trinajstić information content (AvgIpc) is 3.17. The van der Waals surface area contributed by atoms with E-state index in [1.807, 2.05) is 57.2 Å².